The van der Waals surface area contributed by atoms with Gasteiger partial charge in [0.1, 0.15) is 17.6 Å². The second-order valence-corrected chi connectivity index (χ2v) is 4.40. The molecule has 1 saturated heterocycles. The van der Waals surface area contributed by atoms with E-state index in [4.69, 9.17) is 15.9 Å². The number of pyridine rings is 1. The molecule has 3 N–H and O–H groups in total. The molecule has 0 amide bonds. The molecular weight excluding hydrogens is 216 g/mol. The van der Waals surface area contributed by atoms with Crippen LogP contribution in [0.4, 0.5) is 0 Å². The lowest BCUT2D eigenvalue weighted by molar-refractivity contribution is 0.110. The zero-order valence-corrected chi connectivity index (χ0v) is 10.0. The Hall–Kier alpha value is -1.62. The average molecular weight is 234 g/mol. The Morgan fingerprint density at radius 2 is 2.18 bits per heavy atom. The van der Waals surface area contributed by atoms with Crippen LogP contribution in [0.1, 0.15) is 18.5 Å². The van der Waals surface area contributed by atoms with E-state index in [2.05, 4.69) is 16.9 Å². The minimum atomic E-state index is -0.0289. The number of nitrogen functional groups attached to an aromatic ring is 1. The molecule has 0 radical (unpaired) electrons. The van der Waals surface area contributed by atoms with E-state index < -0.39 is 0 Å². The summed E-state index contributed by atoms with van der Waals surface area (Å²) in [6.45, 7) is 2.11. The Morgan fingerprint density at radius 3 is 2.82 bits per heavy atom. The molecule has 1 aromatic heterocycles. The molecular formula is C12H18N4O. The quantitative estimate of drug-likeness (QED) is 0.600. The van der Waals surface area contributed by atoms with Crippen LogP contribution in [0.5, 0.6) is 5.88 Å². The van der Waals surface area contributed by atoms with Crippen LogP contribution in [0.3, 0.4) is 0 Å². The molecule has 2 heterocycles. The van der Waals surface area contributed by atoms with Crippen molar-refractivity contribution in [1.29, 1.82) is 5.41 Å². The molecule has 2 rings (SSSR count). The van der Waals surface area contributed by atoms with Crippen LogP contribution in [0.15, 0.2) is 18.2 Å². The molecule has 92 valence electrons. The minimum Gasteiger partial charge on any atom is -0.474 e. The van der Waals surface area contributed by atoms with Crippen molar-refractivity contribution in [3.05, 3.63) is 23.9 Å². The van der Waals surface area contributed by atoms with E-state index in [1.807, 2.05) is 12.1 Å². The number of hydrogen-bond acceptors (Lipinski definition) is 4. The van der Waals surface area contributed by atoms with E-state index in [0.29, 0.717) is 11.6 Å². The summed E-state index contributed by atoms with van der Waals surface area (Å²) >= 11 is 0. The maximum absolute atomic E-state index is 7.33. The number of amidine groups is 1. The van der Waals surface area contributed by atoms with Crippen molar-refractivity contribution in [3.63, 3.8) is 0 Å². The number of nitrogens with zero attached hydrogens (tertiary/aromatic N) is 2. The second-order valence-electron chi connectivity index (χ2n) is 4.40. The molecule has 0 saturated carbocycles. The van der Waals surface area contributed by atoms with Crippen LogP contribution in [0.25, 0.3) is 0 Å². The fourth-order valence-corrected chi connectivity index (χ4v) is 1.90. The fraction of sp³-hybridized carbons (Fsp3) is 0.500. The van der Waals surface area contributed by atoms with Crippen LogP contribution >= 0.6 is 0 Å². The molecule has 0 aliphatic carbocycles. The zero-order chi connectivity index (χ0) is 12.3. The molecule has 0 bridgehead atoms. The summed E-state index contributed by atoms with van der Waals surface area (Å²) in [7, 11) is 2.12. The Labute approximate surface area is 101 Å². The third-order valence-electron chi connectivity index (χ3n) is 2.95. The molecule has 1 fully saturated rings. The van der Waals surface area contributed by atoms with E-state index in [-0.39, 0.29) is 11.9 Å². The van der Waals surface area contributed by atoms with Gasteiger partial charge in [0.15, 0.2) is 0 Å². The normalized spacial score (nSPS) is 17.9. The molecule has 17 heavy (non-hydrogen) atoms. The summed E-state index contributed by atoms with van der Waals surface area (Å²) in [5.41, 5.74) is 5.86. The van der Waals surface area contributed by atoms with Gasteiger partial charge in [0.25, 0.3) is 0 Å². The lowest BCUT2D eigenvalue weighted by atomic mass is 10.1. The highest BCUT2D eigenvalue weighted by Crippen LogP contribution is 2.16. The van der Waals surface area contributed by atoms with Crippen LogP contribution < -0.4 is 10.5 Å². The highest BCUT2D eigenvalue weighted by atomic mass is 16.5. The third-order valence-corrected chi connectivity index (χ3v) is 2.95. The number of hydrogen-bond donors (Lipinski definition) is 2. The van der Waals surface area contributed by atoms with Gasteiger partial charge in [-0.1, -0.05) is 6.07 Å². The molecule has 1 aromatic rings. The highest BCUT2D eigenvalue weighted by Gasteiger charge is 2.18. The van der Waals surface area contributed by atoms with E-state index in [1.165, 1.54) is 0 Å². The number of piperidine rings is 1. The van der Waals surface area contributed by atoms with Crippen molar-refractivity contribution in [1.82, 2.24) is 9.88 Å². The highest BCUT2D eigenvalue weighted by molar-refractivity contribution is 5.93. The SMILES string of the molecule is CN1CCC(Oc2cccc(C(=N)N)n2)CC1. The van der Waals surface area contributed by atoms with Gasteiger partial charge in [-0.15, -0.1) is 0 Å². The predicted octanol–water partition coefficient (Wildman–Crippen LogP) is 0.839. The van der Waals surface area contributed by atoms with Crippen LogP contribution in [-0.4, -0.2) is 42.0 Å². The first-order chi connectivity index (χ1) is 8.15. The van der Waals surface area contributed by atoms with Crippen molar-refractivity contribution in [2.45, 2.75) is 18.9 Å². The summed E-state index contributed by atoms with van der Waals surface area (Å²) < 4.78 is 5.80. The van der Waals surface area contributed by atoms with Gasteiger partial charge in [0.2, 0.25) is 5.88 Å². The third kappa shape index (κ3) is 3.17. The Kier molecular flexibility index (Phi) is 3.58. The van der Waals surface area contributed by atoms with E-state index in [1.54, 1.807) is 6.07 Å². The van der Waals surface area contributed by atoms with Gasteiger partial charge in [-0.05, 0) is 26.0 Å². The largest absolute Gasteiger partial charge is 0.474 e. The van der Waals surface area contributed by atoms with Crippen LogP contribution in [0, 0.1) is 5.41 Å². The second kappa shape index (κ2) is 5.14. The van der Waals surface area contributed by atoms with E-state index in [0.717, 1.165) is 25.9 Å². The Morgan fingerprint density at radius 1 is 1.47 bits per heavy atom. The van der Waals surface area contributed by atoms with Gasteiger partial charge < -0.3 is 15.4 Å². The van der Waals surface area contributed by atoms with E-state index in [9.17, 15) is 0 Å². The molecule has 0 spiro atoms. The van der Waals surface area contributed by atoms with Crippen molar-refractivity contribution < 1.29 is 4.74 Å². The molecule has 1 aliphatic rings. The summed E-state index contributed by atoms with van der Waals surface area (Å²) in [5.74, 6) is 0.533. The maximum Gasteiger partial charge on any atom is 0.214 e. The summed E-state index contributed by atoms with van der Waals surface area (Å²) in [6, 6.07) is 5.34. The van der Waals surface area contributed by atoms with Crippen molar-refractivity contribution in [2.75, 3.05) is 20.1 Å². The summed E-state index contributed by atoms with van der Waals surface area (Å²) in [5, 5.41) is 7.33. The monoisotopic (exact) mass is 234 g/mol. The van der Waals surface area contributed by atoms with Gasteiger partial charge in [0, 0.05) is 19.2 Å². The van der Waals surface area contributed by atoms with Gasteiger partial charge in [-0.2, -0.15) is 0 Å². The number of rotatable bonds is 3. The lowest BCUT2D eigenvalue weighted by Crippen LogP contribution is -2.35. The van der Waals surface area contributed by atoms with Gasteiger partial charge >= 0.3 is 0 Å². The standard InChI is InChI=1S/C12H18N4O/c1-16-7-5-9(6-8-16)17-11-4-2-3-10(15-11)12(13)14/h2-4,9H,5-8H2,1H3,(H3,13,14). The molecule has 5 heteroatoms. The smallest absolute Gasteiger partial charge is 0.214 e. The lowest BCUT2D eigenvalue weighted by Gasteiger charge is -2.28. The van der Waals surface area contributed by atoms with Crippen molar-refractivity contribution in [2.24, 2.45) is 5.73 Å². The molecule has 0 aromatic carbocycles. The van der Waals surface area contributed by atoms with E-state index >= 15 is 0 Å². The molecule has 5 nitrogen and oxygen atoms in total. The maximum atomic E-state index is 7.33. The first-order valence-corrected chi connectivity index (χ1v) is 5.82. The van der Waals surface area contributed by atoms with Gasteiger partial charge in [-0.25, -0.2) is 4.98 Å². The summed E-state index contributed by atoms with van der Waals surface area (Å²) in [4.78, 5) is 6.49. The topological polar surface area (TPSA) is 75.2 Å². The first-order valence-electron chi connectivity index (χ1n) is 5.82. The number of ether oxygens (including phenoxy) is 1. The fourth-order valence-electron chi connectivity index (χ4n) is 1.90. The number of nitrogens with one attached hydrogen (secondary N) is 1. The molecule has 1 aliphatic heterocycles. The van der Waals surface area contributed by atoms with Crippen LogP contribution in [0.2, 0.25) is 0 Å². The number of aromatic nitrogens is 1. The molecule has 0 atom stereocenters. The first kappa shape index (κ1) is 11.9. The Balaban J connectivity index is 1.98. The number of likely N-dealkylation sites (tertiary alicyclic amines) is 1. The summed E-state index contributed by atoms with van der Waals surface area (Å²) in [6.07, 6.45) is 2.26. The van der Waals surface area contributed by atoms with Gasteiger partial charge in [0.05, 0.1) is 0 Å². The Bertz CT molecular complexity index is 399. The number of nitrogens with two attached hydrogens (primary N) is 1. The zero-order valence-electron chi connectivity index (χ0n) is 10.0. The van der Waals surface area contributed by atoms with Gasteiger partial charge in [-0.3, -0.25) is 5.41 Å². The van der Waals surface area contributed by atoms with Crippen molar-refractivity contribution >= 4 is 5.84 Å². The minimum absolute atomic E-state index is 0.0289. The molecule has 0 unspecified atom stereocenters. The van der Waals surface area contributed by atoms with Crippen LogP contribution in [-0.2, 0) is 0 Å². The van der Waals surface area contributed by atoms with Crippen molar-refractivity contribution in [3.8, 4) is 5.88 Å². The predicted molar refractivity (Wildman–Crippen MR) is 66.4 cm³/mol. The average Bonchev–Trinajstić information content (AvgIpc) is 2.32.